The van der Waals surface area contributed by atoms with Crippen LogP contribution in [0.15, 0.2) is 0 Å². The molecule has 0 saturated carbocycles. The minimum Gasteiger partial charge on any atom is -0.376 e. The quantitative estimate of drug-likeness (QED) is 0.695. The van der Waals surface area contributed by atoms with Crippen molar-refractivity contribution in [2.75, 3.05) is 13.2 Å². The van der Waals surface area contributed by atoms with E-state index in [-0.39, 0.29) is 16.6 Å². The molecule has 0 spiro atoms. The third kappa shape index (κ3) is 27.2. The molecule has 0 aromatic rings. The Hall–Kier alpha value is -0.0800. The maximum Gasteiger partial charge on any atom is 0.0598 e. The van der Waals surface area contributed by atoms with Crippen molar-refractivity contribution in [3.63, 3.8) is 0 Å². The van der Waals surface area contributed by atoms with E-state index in [1.807, 2.05) is 0 Å². The third-order valence-corrected chi connectivity index (χ3v) is 1.79. The van der Waals surface area contributed by atoms with Crippen LogP contribution in [-0.2, 0) is 9.47 Å². The van der Waals surface area contributed by atoms with E-state index in [4.69, 9.17) is 9.47 Å². The fourth-order valence-corrected chi connectivity index (χ4v) is 0.850. The monoisotopic (exact) mass is 274 g/mol. The molecule has 0 unspecified atom stereocenters. The van der Waals surface area contributed by atoms with Gasteiger partial charge in [0.2, 0.25) is 0 Å². The fourth-order valence-electron chi connectivity index (χ4n) is 0.850. The summed E-state index contributed by atoms with van der Waals surface area (Å²) in [5.74, 6) is 0.643. The molecule has 2 nitrogen and oxygen atoms in total. The van der Waals surface area contributed by atoms with Gasteiger partial charge in [-0.05, 0) is 52.9 Å². The maximum atomic E-state index is 5.59. The Morgan fingerprint density at radius 2 is 1.05 bits per heavy atom. The summed E-state index contributed by atoms with van der Waals surface area (Å²) < 4.78 is 11.1. The second-order valence-electron chi connectivity index (χ2n) is 8.78. The molecule has 19 heavy (non-hydrogen) atoms. The molecule has 0 saturated heterocycles. The van der Waals surface area contributed by atoms with E-state index in [0.29, 0.717) is 5.92 Å². The van der Waals surface area contributed by atoms with Crippen molar-refractivity contribution in [3.8, 4) is 0 Å². The molecule has 0 aromatic heterocycles. The van der Waals surface area contributed by atoms with Crippen LogP contribution in [0.25, 0.3) is 0 Å². The Bertz CT molecular complexity index is 197. The van der Waals surface area contributed by atoms with Gasteiger partial charge in [0, 0.05) is 6.61 Å². The lowest BCUT2D eigenvalue weighted by molar-refractivity contribution is -0.0382. The van der Waals surface area contributed by atoms with E-state index in [9.17, 15) is 0 Å². The lowest BCUT2D eigenvalue weighted by atomic mass is 9.98. The largest absolute Gasteiger partial charge is 0.376 e. The van der Waals surface area contributed by atoms with E-state index in [0.717, 1.165) is 13.2 Å². The summed E-state index contributed by atoms with van der Waals surface area (Å²) in [5.41, 5.74) is 0.324. The van der Waals surface area contributed by atoms with Gasteiger partial charge < -0.3 is 9.47 Å². The highest BCUT2D eigenvalue weighted by atomic mass is 16.5. The molecule has 0 fully saturated rings. The molecule has 0 rings (SSSR count). The number of hydrogen-bond donors (Lipinski definition) is 0. The zero-order valence-corrected chi connectivity index (χ0v) is 15.3. The van der Waals surface area contributed by atoms with Crippen LogP contribution in [0.2, 0.25) is 0 Å². The van der Waals surface area contributed by atoms with E-state index < -0.39 is 0 Å². The molecular weight excluding hydrogens is 236 g/mol. The molecule has 0 aliphatic carbocycles. The zero-order valence-electron chi connectivity index (χ0n) is 15.3. The number of ether oxygens (including phenoxy) is 2. The fraction of sp³-hybridized carbons (Fsp3) is 1.00. The Balaban J connectivity index is 0. The van der Waals surface area contributed by atoms with E-state index in [2.05, 4.69) is 76.2 Å². The average molecular weight is 274 g/mol. The highest BCUT2D eigenvalue weighted by Gasteiger charge is 2.16. The predicted octanol–water partition coefficient (Wildman–Crippen LogP) is 5.31. The van der Waals surface area contributed by atoms with Crippen LogP contribution >= 0.6 is 0 Å². The summed E-state index contributed by atoms with van der Waals surface area (Å²) in [6.45, 7) is 25.0. The first-order valence-electron chi connectivity index (χ1n) is 7.40. The molecular formula is C17H38O2. The van der Waals surface area contributed by atoms with E-state index >= 15 is 0 Å². The topological polar surface area (TPSA) is 18.5 Å². The van der Waals surface area contributed by atoms with Crippen LogP contribution in [0.1, 0.15) is 76.2 Å². The van der Waals surface area contributed by atoms with Crippen molar-refractivity contribution in [2.24, 2.45) is 11.3 Å². The Morgan fingerprint density at radius 1 is 0.684 bits per heavy atom. The first kappa shape index (κ1) is 21.2. The molecule has 0 radical (unpaired) electrons. The lowest BCUT2D eigenvalue weighted by Gasteiger charge is -2.26. The second kappa shape index (κ2) is 8.26. The molecule has 2 heteroatoms. The molecule has 0 amide bonds. The molecule has 0 aliphatic heterocycles. The van der Waals surface area contributed by atoms with E-state index in [1.54, 1.807) is 0 Å². The Labute approximate surface area is 122 Å². The summed E-state index contributed by atoms with van der Waals surface area (Å²) in [4.78, 5) is 0. The van der Waals surface area contributed by atoms with Crippen molar-refractivity contribution < 1.29 is 9.47 Å². The van der Waals surface area contributed by atoms with Crippen LogP contribution in [0.4, 0.5) is 0 Å². The molecule has 0 atom stereocenters. The SMILES string of the molecule is CC(C)(C)COC(C)(C)C.CC(C)COC(C)(C)C. The molecule has 0 aromatic carbocycles. The van der Waals surface area contributed by atoms with Crippen molar-refractivity contribution in [2.45, 2.75) is 87.4 Å². The highest BCUT2D eigenvalue weighted by molar-refractivity contribution is 4.65. The van der Waals surface area contributed by atoms with Gasteiger partial charge in [-0.3, -0.25) is 0 Å². The third-order valence-electron chi connectivity index (χ3n) is 1.79. The molecule has 0 heterocycles. The van der Waals surface area contributed by atoms with Gasteiger partial charge in [-0.1, -0.05) is 34.6 Å². The van der Waals surface area contributed by atoms with Gasteiger partial charge in [0.15, 0.2) is 0 Å². The van der Waals surface area contributed by atoms with Gasteiger partial charge in [0.05, 0.1) is 17.8 Å². The summed E-state index contributed by atoms with van der Waals surface area (Å²) in [6, 6.07) is 0. The molecule has 118 valence electrons. The molecule has 0 N–H and O–H groups in total. The predicted molar refractivity (Wildman–Crippen MR) is 85.7 cm³/mol. The highest BCUT2D eigenvalue weighted by Crippen LogP contribution is 2.17. The van der Waals surface area contributed by atoms with Crippen LogP contribution in [0.3, 0.4) is 0 Å². The normalized spacial score (nSPS) is 13.3. The molecule has 0 aliphatic rings. The van der Waals surface area contributed by atoms with Crippen LogP contribution in [0.5, 0.6) is 0 Å². The van der Waals surface area contributed by atoms with Gasteiger partial charge in [-0.15, -0.1) is 0 Å². The average Bonchev–Trinajstić information content (AvgIpc) is 2.10. The van der Waals surface area contributed by atoms with E-state index in [1.165, 1.54) is 0 Å². The second-order valence-corrected chi connectivity index (χ2v) is 8.78. The van der Waals surface area contributed by atoms with Gasteiger partial charge >= 0.3 is 0 Å². The Morgan fingerprint density at radius 3 is 1.16 bits per heavy atom. The lowest BCUT2D eigenvalue weighted by Crippen LogP contribution is -2.26. The summed E-state index contributed by atoms with van der Waals surface area (Å²) in [6.07, 6.45) is 0. The van der Waals surface area contributed by atoms with Gasteiger partial charge in [-0.25, -0.2) is 0 Å². The summed E-state index contributed by atoms with van der Waals surface area (Å²) >= 11 is 0. The Kier molecular flexibility index (Phi) is 9.23. The first-order chi connectivity index (χ1) is 8.12. The maximum absolute atomic E-state index is 5.59. The standard InChI is InChI=1S/C9H20O.C8H18O/c1-8(2,3)7-10-9(4,5)6;1-7(2)6-9-8(3,4)5/h7H2,1-6H3;7H,6H2,1-5H3. The first-order valence-corrected chi connectivity index (χ1v) is 7.40. The smallest absolute Gasteiger partial charge is 0.0598 e. The van der Waals surface area contributed by atoms with Crippen LogP contribution in [0, 0.1) is 11.3 Å². The van der Waals surface area contributed by atoms with Crippen molar-refractivity contribution >= 4 is 0 Å². The zero-order chi connectivity index (χ0) is 15.9. The van der Waals surface area contributed by atoms with Gasteiger partial charge in [-0.2, -0.15) is 0 Å². The van der Waals surface area contributed by atoms with Crippen molar-refractivity contribution in [3.05, 3.63) is 0 Å². The minimum atomic E-state index is 0.00722. The van der Waals surface area contributed by atoms with Crippen LogP contribution in [-0.4, -0.2) is 24.4 Å². The summed E-state index contributed by atoms with van der Waals surface area (Å²) in [7, 11) is 0. The number of rotatable bonds is 3. The minimum absolute atomic E-state index is 0.00722. The van der Waals surface area contributed by atoms with Gasteiger partial charge in [0.1, 0.15) is 0 Å². The van der Waals surface area contributed by atoms with Crippen molar-refractivity contribution in [1.82, 2.24) is 0 Å². The van der Waals surface area contributed by atoms with Crippen LogP contribution < -0.4 is 0 Å². The van der Waals surface area contributed by atoms with Crippen molar-refractivity contribution in [1.29, 1.82) is 0 Å². The summed E-state index contributed by atoms with van der Waals surface area (Å²) in [5, 5.41) is 0. The number of hydrogen-bond acceptors (Lipinski definition) is 2. The molecule has 0 bridgehead atoms. The van der Waals surface area contributed by atoms with Gasteiger partial charge in [0.25, 0.3) is 0 Å².